The molecule has 0 saturated heterocycles. The van der Waals surface area contributed by atoms with Gasteiger partial charge in [0.2, 0.25) is 0 Å². The van der Waals surface area contributed by atoms with Crippen molar-refractivity contribution in [1.29, 1.82) is 0 Å². The second kappa shape index (κ2) is 11.0. The van der Waals surface area contributed by atoms with E-state index in [-0.39, 0.29) is 0 Å². The van der Waals surface area contributed by atoms with Crippen LogP contribution in [0.4, 0.5) is 0 Å². The van der Waals surface area contributed by atoms with Crippen LogP contribution in [0, 0.1) is 6.92 Å². The minimum atomic E-state index is 0.893. The van der Waals surface area contributed by atoms with Crippen LogP contribution < -0.4 is 0 Å². The standard InChI is InChI=1S/C39H31N/c1-27-12-14-33(15-13-27)34-18-16-30(17-19-34)29(3)40-39(38-23-21-32-9-5-7-11-37(32)26-38)24-28(2)35-22-20-31-8-4-6-10-36(31)25-35/h4-26H,2H2,1,3H3/b39-24-,40-29?. The zero-order valence-electron chi connectivity index (χ0n) is 22.9. The summed E-state index contributed by atoms with van der Waals surface area (Å²) in [4.78, 5) is 5.18. The van der Waals surface area contributed by atoms with E-state index in [1.165, 1.54) is 38.2 Å². The Morgan fingerprint density at radius 2 is 1.02 bits per heavy atom. The number of rotatable bonds is 6. The topological polar surface area (TPSA) is 12.4 Å². The predicted molar refractivity (Wildman–Crippen MR) is 174 cm³/mol. The van der Waals surface area contributed by atoms with Gasteiger partial charge < -0.3 is 0 Å². The largest absolute Gasteiger partial charge is 0.252 e. The SMILES string of the molecule is C=C(/C=C(\N=C(C)c1ccc(-c2ccc(C)cc2)cc1)c1ccc2ccccc2c1)c1ccc2ccccc2c1. The fourth-order valence-corrected chi connectivity index (χ4v) is 5.06. The van der Waals surface area contributed by atoms with Crippen LogP contribution in [0.5, 0.6) is 0 Å². The highest BCUT2D eigenvalue weighted by Crippen LogP contribution is 2.28. The van der Waals surface area contributed by atoms with Gasteiger partial charge in [-0.2, -0.15) is 0 Å². The van der Waals surface area contributed by atoms with Gasteiger partial charge in [0.1, 0.15) is 0 Å². The molecule has 0 aliphatic rings. The lowest BCUT2D eigenvalue weighted by Crippen LogP contribution is -1.96. The second-order valence-corrected chi connectivity index (χ2v) is 10.3. The molecular weight excluding hydrogens is 482 g/mol. The molecule has 0 radical (unpaired) electrons. The van der Waals surface area contributed by atoms with Gasteiger partial charge in [-0.15, -0.1) is 0 Å². The molecule has 0 heterocycles. The molecule has 0 aromatic heterocycles. The summed E-state index contributed by atoms with van der Waals surface area (Å²) >= 11 is 0. The minimum Gasteiger partial charge on any atom is -0.252 e. The maximum absolute atomic E-state index is 5.18. The first kappa shape index (κ1) is 25.3. The van der Waals surface area contributed by atoms with Crippen LogP contribution in [0.15, 0.2) is 151 Å². The maximum atomic E-state index is 5.18. The van der Waals surface area contributed by atoms with Crippen LogP contribution in [-0.4, -0.2) is 5.71 Å². The highest BCUT2D eigenvalue weighted by atomic mass is 14.8. The Kier molecular flexibility index (Phi) is 6.95. The third kappa shape index (κ3) is 5.41. The zero-order valence-corrected chi connectivity index (χ0v) is 22.9. The number of aliphatic imine (C=N–C) groups is 1. The average molecular weight is 514 g/mol. The van der Waals surface area contributed by atoms with Gasteiger partial charge in [0, 0.05) is 11.3 Å². The third-order valence-electron chi connectivity index (χ3n) is 7.45. The van der Waals surface area contributed by atoms with Crippen molar-refractivity contribution >= 4 is 38.5 Å². The molecule has 6 rings (SSSR count). The molecule has 0 saturated carbocycles. The first-order valence-electron chi connectivity index (χ1n) is 13.7. The molecule has 1 heteroatoms. The van der Waals surface area contributed by atoms with E-state index in [0.29, 0.717) is 0 Å². The quantitative estimate of drug-likeness (QED) is 0.155. The van der Waals surface area contributed by atoms with E-state index in [4.69, 9.17) is 4.99 Å². The maximum Gasteiger partial charge on any atom is 0.0711 e. The summed E-state index contributed by atoms with van der Waals surface area (Å²) < 4.78 is 0. The molecule has 0 aliphatic carbocycles. The average Bonchev–Trinajstić information content (AvgIpc) is 3.00. The van der Waals surface area contributed by atoms with Gasteiger partial charge in [0.05, 0.1) is 5.70 Å². The van der Waals surface area contributed by atoms with E-state index in [9.17, 15) is 0 Å². The van der Waals surface area contributed by atoms with Crippen LogP contribution in [0.2, 0.25) is 0 Å². The zero-order chi connectivity index (χ0) is 27.5. The lowest BCUT2D eigenvalue weighted by atomic mass is 9.99. The molecule has 0 amide bonds. The number of benzene rings is 6. The summed E-state index contributed by atoms with van der Waals surface area (Å²) in [6.45, 7) is 8.64. The summed E-state index contributed by atoms with van der Waals surface area (Å²) in [5.41, 5.74) is 9.72. The second-order valence-electron chi connectivity index (χ2n) is 10.3. The van der Waals surface area contributed by atoms with Gasteiger partial charge in [-0.25, -0.2) is 0 Å². The van der Waals surface area contributed by atoms with Crippen molar-refractivity contribution < 1.29 is 0 Å². The lowest BCUT2D eigenvalue weighted by molar-refractivity contribution is 1.46. The van der Waals surface area contributed by atoms with Gasteiger partial charge >= 0.3 is 0 Å². The van der Waals surface area contributed by atoms with Gasteiger partial charge in [-0.05, 0) is 81.4 Å². The molecule has 40 heavy (non-hydrogen) atoms. The molecule has 1 nitrogen and oxygen atoms in total. The van der Waals surface area contributed by atoms with Crippen LogP contribution in [0.25, 0.3) is 43.9 Å². The van der Waals surface area contributed by atoms with E-state index >= 15 is 0 Å². The monoisotopic (exact) mass is 513 g/mol. The summed E-state index contributed by atoms with van der Waals surface area (Å²) in [5, 5.41) is 4.83. The Bertz CT molecular complexity index is 1900. The number of hydrogen-bond donors (Lipinski definition) is 0. The van der Waals surface area contributed by atoms with Crippen molar-refractivity contribution in [2.24, 2.45) is 4.99 Å². The normalized spacial score (nSPS) is 12.2. The third-order valence-corrected chi connectivity index (χ3v) is 7.45. The van der Waals surface area contributed by atoms with Gasteiger partial charge in [0.15, 0.2) is 0 Å². The Morgan fingerprint density at radius 1 is 0.550 bits per heavy atom. The van der Waals surface area contributed by atoms with Crippen molar-refractivity contribution in [1.82, 2.24) is 0 Å². The Balaban J connectivity index is 1.39. The van der Waals surface area contributed by atoms with E-state index < -0.39 is 0 Å². The van der Waals surface area contributed by atoms with Crippen LogP contribution >= 0.6 is 0 Å². The van der Waals surface area contributed by atoms with E-state index in [1.54, 1.807) is 0 Å². The molecule has 0 N–H and O–H groups in total. The lowest BCUT2D eigenvalue weighted by Gasteiger charge is -2.10. The fourth-order valence-electron chi connectivity index (χ4n) is 5.06. The van der Waals surface area contributed by atoms with Crippen LogP contribution in [-0.2, 0) is 0 Å². The van der Waals surface area contributed by atoms with Crippen molar-refractivity contribution in [2.45, 2.75) is 13.8 Å². The first-order valence-corrected chi connectivity index (χ1v) is 13.7. The number of nitrogens with zero attached hydrogens (tertiary/aromatic N) is 1. The summed E-state index contributed by atoms with van der Waals surface area (Å²) in [6, 6.07) is 47.2. The molecule has 0 bridgehead atoms. The molecule has 6 aromatic carbocycles. The fraction of sp³-hybridized carbons (Fsp3) is 0.0513. The summed E-state index contributed by atoms with van der Waals surface area (Å²) in [7, 11) is 0. The molecule has 192 valence electrons. The van der Waals surface area contributed by atoms with E-state index in [1.807, 2.05) is 0 Å². The summed E-state index contributed by atoms with van der Waals surface area (Å²) in [6.07, 6.45) is 2.11. The highest BCUT2D eigenvalue weighted by molar-refractivity contribution is 6.03. The minimum absolute atomic E-state index is 0.893. The van der Waals surface area contributed by atoms with Crippen LogP contribution in [0.1, 0.15) is 29.2 Å². The first-order chi connectivity index (χ1) is 19.5. The van der Waals surface area contributed by atoms with Crippen molar-refractivity contribution in [2.75, 3.05) is 0 Å². The van der Waals surface area contributed by atoms with Crippen molar-refractivity contribution in [3.63, 3.8) is 0 Å². The smallest absolute Gasteiger partial charge is 0.0711 e. The predicted octanol–water partition coefficient (Wildman–Crippen LogP) is 10.5. The Hall–Kier alpha value is -5.01. The van der Waals surface area contributed by atoms with Gasteiger partial charge in [-0.3, -0.25) is 4.99 Å². The molecule has 0 atom stereocenters. The molecule has 0 spiro atoms. The van der Waals surface area contributed by atoms with Gasteiger partial charge in [0.25, 0.3) is 0 Å². The van der Waals surface area contributed by atoms with E-state index in [0.717, 1.165) is 33.7 Å². The van der Waals surface area contributed by atoms with Crippen molar-refractivity contribution in [3.05, 3.63) is 168 Å². The van der Waals surface area contributed by atoms with Crippen molar-refractivity contribution in [3.8, 4) is 11.1 Å². The molecule has 0 aliphatic heterocycles. The van der Waals surface area contributed by atoms with E-state index in [2.05, 4.69) is 160 Å². The number of allylic oxidation sites excluding steroid dienone is 2. The molecule has 0 fully saturated rings. The Morgan fingerprint density at radius 3 is 1.62 bits per heavy atom. The molecule has 6 aromatic rings. The number of aryl methyl sites for hydroxylation is 1. The number of hydrogen-bond acceptors (Lipinski definition) is 1. The van der Waals surface area contributed by atoms with Crippen LogP contribution in [0.3, 0.4) is 0 Å². The van der Waals surface area contributed by atoms with Gasteiger partial charge in [-0.1, -0.05) is 133 Å². The molecule has 0 unspecified atom stereocenters. The Labute approximate surface area is 236 Å². The number of fused-ring (bicyclic) bond motifs is 2. The molecular formula is C39H31N. The summed E-state index contributed by atoms with van der Waals surface area (Å²) in [5.74, 6) is 0. The highest BCUT2D eigenvalue weighted by Gasteiger charge is 2.08.